The van der Waals surface area contributed by atoms with Gasteiger partial charge in [-0.25, -0.2) is 0 Å². The lowest BCUT2D eigenvalue weighted by atomic mass is 9.93. The molecule has 84 valence electrons. The van der Waals surface area contributed by atoms with E-state index in [2.05, 4.69) is 25.7 Å². The van der Waals surface area contributed by atoms with Crippen LogP contribution in [0.1, 0.15) is 46.5 Å². The lowest BCUT2D eigenvalue weighted by Crippen LogP contribution is -2.24. The average Bonchev–Trinajstić information content (AvgIpc) is 2.39. The van der Waals surface area contributed by atoms with Gasteiger partial charge in [-0.2, -0.15) is 0 Å². The van der Waals surface area contributed by atoms with Crippen molar-refractivity contribution in [3.63, 3.8) is 0 Å². The van der Waals surface area contributed by atoms with E-state index in [4.69, 9.17) is 5.73 Å². The fraction of sp³-hybridized carbons (Fsp3) is 1.00. The third kappa shape index (κ3) is 4.43. The fourth-order valence-corrected chi connectivity index (χ4v) is 2.22. The van der Waals surface area contributed by atoms with E-state index in [0.29, 0.717) is 11.5 Å². The Morgan fingerprint density at radius 2 is 2.07 bits per heavy atom. The van der Waals surface area contributed by atoms with Gasteiger partial charge in [-0.15, -0.1) is 0 Å². The quantitative estimate of drug-likeness (QED) is 0.686. The van der Waals surface area contributed by atoms with Crippen LogP contribution in [0.25, 0.3) is 0 Å². The monoisotopic (exact) mass is 198 g/mol. The van der Waals surface area contributed by atoms with E-state index >= 15 is 0 Å². The van der Waals surface area contributed by atoms with Crippen molar-refractivity contribution < 1.29 is 0 Å². The second kappa shape index (κ2) is 5.13. The first-order valence-corrected chi connectivity index (χ1v) is 5.97. The van der Waals surface area contributed by atoms with Crippen molar-refractivity contribution in [2.45, 2.75) is 52.5 Å². The largest absolute Gasteiger partial charge is 0.328 e. The SMILES string of the molecule is CC(N)CCCCN1CCC(C)(C)C1. The van der Waals surface area contributed by atoms with Crippen LogP contribution in [-0.4, -0.2) is 30.6 Å². The first kappa shape index (κ1) is 12.0. The van der Waals surface area contributed by atoms with Gasteiger partial charge in [0.2, 0.25) is 0 Å². The summed E-state index contributed by atoms with van der Waals surface area (Å²) in [5.41, 5.74) is 6.27. The summed E-state index contributed by atoms with van der Waals surface area (Å²) in [5.74, 6) is 0. The van der Waals surface area contributed by atoms with Crippen LogP contribution in [0.5, 0.6) is 0 Å². The molecule has 1 fully saturated rings. The molecular formula is C12H26N2. The Bertz CT molecular complexity index is 164. The zero-order valence-corrected chi connectivity index (χ0v) is 10.1. The number of hydrogen-bond donors (Lipinski definition) is 1. The van der Waals surface area contributed by atoms with Crippen LogP contribution in [0, 0.1) is 5.41 Å². The Kier molecular flexibility index (Phi) is 4.39. The molecular weight excluding hydrogens is 172 g/mol. The highest BCUT2D eigenvalue weighted by Gasteiger charge is 2.28. The smallest absolute Gasteiger partial charge is 0.00332 e. The highest BCUT2D eigenvalue weighted by molar-refractivity contribution is 4.82. The molecule has 1 heterocycles. The molecule has 0 aromatic rings. The molecule has 1 atom stereocenters. The van der Waals surface area contributed by atoms with E-state index in [-0.39, 0.29) is 0 Å². The van der Waals surface area contributed by atoms with E-state index in [9.17, 15) is 0 Å². The molecule has 0 saturated carbocycles. The molecule has 0 aliphatic carbocycles. The van der Waals surface area contributed by atoms with Crippen LogP contribution in [0.2, 0.25) is 0 Å². The van der Waals surface area contributed by atoms with Gasteiger partial charge >= 0.3 is 0 Å². The van der Waals surface area contributed by atoms with Crippen molar-refractivity contribution in [1.29, 1.82) is 0 Å². The van der Waals surface area contributed by atoms with Crippen molar-refractivity contribution in [3.8, 4) is 0 Å². The molecule has 1 unspecified atom stereocenters. The van der Waals surface area contributed by atoms with E-state index in [1.165, 1.54) is 45.3 Å². The molecule has 1 rings (SSSR count). The van der Waals surface area contributed by atoms with E-state index < -0.39 is 0 Å². The van der Waals surface area contributed by atoms with E-state index in [1.54, 1.807) is 0 Å². The molecule has 2 N–H and O–H groups in total. The van der Waals surface area contributed by atoms with Crippen molar-refractivity contribution in [1.82, 2.24) is 4.90 Å². The predicted octanol–water partition coefficient (Wildman–Crippen LogP) is 2.24. The summed E-state index contributed by atoms with van der Waals surface area (Å²) >= 11 is 0. The van der Waals surface area contributed by atoms with Gasteiger partial charge in [-0.05, 0) is 44.7 Å². The normalized spacial score (nSPS) is 24.0. The van der Waals surface area contributed by atoms with Gasteiger partial charge in [-0.3, -0.25) is 0 Å². The number of nitrogens with two attached hydrogens (primary N) is 1. The number of rotatable bonds is 5. The summed E-state index contributed by atoms with van der Waals surface area (Å²) in [7, 11) is 0. The molecule has 0 bridgehead atoms. The van der Waals surface area contributed by atoms with Gasteiger partial charge in [0.25, 0.3) is 0 Å². The molecule has 0 aromatic heterocycles. The lowest BCUT2D eigenvalue weighted by molar-refractivity contribution is 0.284. The average molecular weight is 198 g/mol. The summed E-state index contributed by atoms with van der Waals surface area (Å²) in [6, 6.07) is 0.380. The zero-order valence-electron chi connectivity index (χ0n) is 10.1. The molecule has 0 radical (unpaired) electrons. The topological polar surface area (TPSA) is 29.3 Å². The van der Waals surface area contributed by atoms with Gasteiger partial charge in [0.05, 0.1) is 0 Å². The number of unbranched alkanes of at least 4 members (excludes halogenated alkanes) is 1. The van der Waals surface area contributed by atoms with Gasteiger partial charge in [0.15, 0.2) is 0 Å². The molecule has 1 aliphatic heterocycles. The maximum absolute atomic E-state index is 5.72. The zero-order chi connectivity index (χ0) is 10.6. The molecule has 2 heteroatoms. The van der Waals surface area contributed by atoms with Crippen LogP contribution in [-0.2, 0) is 0 Å². The van der Waals surface area contributed by atoms with Crippen LogP contribution in [0.3, 0.4) is 0 Å². The Labute approximate surface area is 88.8 Å². The summed E-state index contributed by atoms with van der Waals surface area (Å²) in [6.45, 7) is 10.7. The Hall–Kier alpha value is -0.0800. The Morgan fingerprint density at radius 3 is 2.57 bits per heavy atom. The molecule has 14 heavy (non-hydrogen) atoms. The van der Waals surface area contributed by atoms with Gasteiger partial charge < -0.3 is 10.6 Å². The highest BCUT2D eigenvalue weighted by Crippen LogP contribution is 2.28. The first-order valence-electron chi connectivity index (χ1n) is 5.97. The molecule has 1 aliphatic rings. The Morgan fingerprint density at radius 1 is 1.36 bits per heavy atom. The molecule has 2 nitrogen and oxygen atoms in total. The van der Waals surface area contributed by atoms with Gasteiger partial charge in [0.1, 0.15) is 0 Å². The van der Waals surface area contributed by atoms with Crippen molar-refractivity contribution >= 4 is 0 Å². The van der Waals surface area contributed by atoms with Crippen molar-refractivity contribution in [3.05, 3.63) is 0 Å². The number of likely N-dealkylation sites (tertiary alicyclic amines) is 1. The number of hydrogen-bond acceptors (Lipinski definition) is 2. The minimum absolute atomic E-state index is 0.380. The first-order chi connectivity index (χ1) is 6.49. The highest BCUT2D eigenvalue weighted by atomic mass is 15.1. The van der Waals surface area contributed by atoms with Gasteiger partial charge in [-0.1, -0.05) is 20.3 Å². The summed E-state index contributed by atoms with van der Waals surface area (Å²) in [5, 5.41) is 0. The maximum atomic E-state index is 5.72. The summed E-state index contributed by atoms with van der Waals surface area (Å²) in [4.78, 5) is 2.60. The predicted molar refractivity (Wildman–Crippen MR) is 62.3 cm³/mol. The standard InChI is InChI=1S/C12H26N2/c1-11(13)6-4-5-8-14-9-7-12(2,3)10-14/h11H,4-10,13H2,1-3H3. The molecule has 1 saturated heterocycles. The van der Waals surface area contributed by atoms with Crippen LogP contribution in [0.15, 0.2) is 0 Å². The third-order valence-electron chi connectivity index (χ3n) is 3.14. The second-order valence-corrected chi connectivity index (χ2v) is 5.66. The second-order valence-electron chi connectivity index (χ2n) is 5.66. The summed E-state index contributed by atoms with van der Waals surface area (Å²) < 4.78 is 0. The van der Waals surface area contributed by atoms with Crippen LogP contribution in [0.4, 0.5) is 0 Å². The molecule has 0 aromatic carbocycles. The van der Waals surface area contributed by atoms with Crippen molar-refractivity contribution in [2.24, 2.45) is 11.1 Å². The van der Waals surface area contributed by atoms with E-state index in [1.807, 2.05) is 0 Å². The lowest BCUT2D eigenvalue weighted by Gasteiger charge is -2.19. The van der Waals surface area contributed by atoms with Gasteiger partial charge in [0, 0.05) is 12.6 Å². The minimum atomic E-state index is 0.380. The minimum Gasteiger partial charge on any atom is -0.328 e. The molecule has 0 amide bonds. The van der Waals surface area contributed by atoms with Crippen LogP contribution >= 0.6 is 0 Å². The molecule has 0 spiro atoms. The maximum Gasteiger partial charge on any atom is 0.00332 e. The van der Waals surface area contributed by atoms with Crippen molar-refractivity contribution in [2.75, 3.05) is 19.6 Å². The fourth-order valence-electron chi connectivity index (χ4n) is 2.22. The Balaban J connectivity index is 2.03. The van der Waals surface area contributed by atoms with Crippen LogP contribution < -0.4 is 5.73 Å². The number of nitrogens with zero attached hydrogens (tertiary/aromatic N) is 1. The summed E-state index contributed by atoms with van der Waals surface area (Å²) in [6.07, 6.45) is 5.14. The third-order valence-corrected chi connectivity index (χ3v) is 3.14. The van der Waals surface area contributed by atoms with E-state index in [0.717, 1.165) is 0 Å².